The molecular weight excluding hydrogens is 424 g/mol. The van der Waals surface area contributed by atoms with Crippen LogP contribution in [0.3, 0.4) is 0 Å². The summed E-state index contributed by atoms with van der Waals surface area (Å²) in [5.41, 5.74) is 2.19. The lowest BCUT2D eigenvalue weighted by atomic mass is 9.71. The first-order chi connectivity index (χ1) is 16.1. The summed E-state index contributed by atoms with van der Waals surface area (Å²) in [5, 5.41) is 23.6. The Bertz CT molecular complexity index is 1060. The van der Waals surface area contributed by atoms with E-state index in [0.717, 1.165) is 47.6 Å². The summed E-state index contributed by atoms with van der Waals surface area (Å²) in [6.07, 6.45) is 6.98. The summed E-state index contributed by atoms with van der Waals surface area (Å²) in [6.45, 7) is 10.5. The van der Waals surface area contributed by atoms with Gasteiger partial charge < -0.3 is 15.0 Å². The second-order valence-corrected chi connectivity index (χ2v) is 12.1. The fourth-order valence-electron chi connectivity index (χ4n) is 6.40. The number of carbonyl (C=O) groups excluding carboxylic acids is 1. The predicted molar refractivity (Wildman–Crippen MR) is 134 cm³/mol. The van der Waals surface area contributed by atoms with E-state index in [1.807, 2.05) is 26.0 Å². The van der Waals surface area contributed by atoms with Crippen molar-refractivity contribution in [3.8, 4) is 0 Å². The first-order valence-electron chi connectivity index (χ1n) is 13.2. The molecule has 0 aliphatic heterocycles. The van der Waals surface area contributed by atoms with Crippen LogP contribution < -0.4 is 5.32 Å². The first kappa shape index (κ1) is 23.5. The minimum Gasteiger partial charge on any atom is -0.390 e. The van der Waals surface area contributed by atoms with Gasteiger partial charge in [-0.25, -0.2) is 0 Å². The van der Waals surface area contributed by atoms with Crippen LogP contribution in [-0.2, 0) is 4.79 Å². The van der Waals surface area contributed by atoms with Gasteiger partial charge in [0.25, 0.3) is 0 Å². The van der Waals surface area contributed by atoms with Gasteiger partial charge in [-0.3, -0.25) is 4.79 Å². The van der Waals surface area contributed by atoms with Crippen molar-refractivity contribution in [2.24, 2.45) is 17.8 Å². The van der Waals surface area contributed by atoms with Crippen molar-refractivity contribution in [1.82, 2.24) is 14.8 Å². The summed E-state index contributed by atoms with van der Waals surface area (Å²) < 4.78 is 2.37. The number of rotatable bonds is 7. The predicted octanol–water partition coefficient (Wildman–Crippen LogP) is 5.65. The fourth-order valence-corrected chi connectivity index (χ4v) is 6.40. The maximum Gasteiger partial charge on any atom is 0.228 e. The molecule has 1 heterocycles. The van der Waals surface area contributed by atoms with Gasteiger partial charge >= 0.3 is 0 Å². The largest absolute Gasteiger partial charge is 0.390 e. The van der Waals surface area contributed by atoms with Crippen molar-refractivity contribution in [2.75, 3.05) is 5.32 Å². The van der Waals surface area contributed by atoms with E-state index >= 15 is 0 Å². The summed E-state index contributed by atoms with van der Waals surface area (Å²) in [6, 6.07) is 6.53. The molecule has 34 heavy (non-hydrogen) atoms. The molecule has 0 bridgehead atoms. The molecule has 0 radical (unpaired) electrons. The molecule has 3 atom stereocenters. The smallest absolute Gasteiger partial charge is 0.228 e. The lowest BCUT2D eigenvalue weighted by molar-refractivity contribution is -0.120. The number of carbonyl (C=O) groups is 1. The molecule has 184 valence electrons. The Balaban J connectivity index is 1.39. The number of anilines is 1. The highest BCUT2D eigenvalue weighted by Crippen LogP contribution is 2.51. The van der Waals surface area contributed by atoms with Crippen LogP contribution in [0.5, 0.6) is 0 Å². The third-order valence-electron chi connectivity index (χ3n) is 8.18. The van der Waals surface area contributed by atoms with Crippen molar-refractivity contribution < 1.29 is 9.90 Å². The van der Waals surface area contributed by atoms with E-state index < -0.39 is 5.60 Å². The van der Waals surface area contributed by atoms with E-state index in [1.165, 1.54) is 24.8 Å². The third kappa shape index (κ3) is 4.66. The van der Waals surface area contributed by atoms with Crippen LogP contribution in [-0.4, -0.2) is 31.4 Å². The Kier molecular flexibility index (Phi) is 6.07. The van der Waals surface area contributed by atoms with E-state index in [2.05, 4.69) is 36.7 Å². The maximum atomic E-state index is 13.5. The molecule has 5 rings (SSSR count). The number of nitrogens with one attached hydrogen (secondary N) is 1. The van der Waals surface area contributed by atoms with Gasteiger partial charge in [0.2, 0.25) is 5.91 Å². The zero-order chi connectivity index (χ0) is 24.2. The van der Waals surface area contributed by atoms with Gasteiger partial charge in [0.05, 0.1) is 11.5 Å². The average Bonchev–Trinajstić information content (AvgIpc) is 3.38. The molecule has 2 aromatic rings. The van der Waals surface area contributed by atoms with Gasteiger partial charge in [-0.2, -0.15) is 0 Å². The second kappa shape index (κ2) is 8.78. The van der Waals surface area contributed by atoms with E-state index in [-0.39, 0.29) is 17.7 Å². The molecule has 3 aliphatic rings. The lowest BCUT2D eigenvalue weighted by Gasteiger charge is -2.36. The Morgan fingerprint density at radius 2 is 1.88 bits per heavy atom. The van der Waals surface area contributed by atoms with Crippen LogP contribution in [0.2, 0.25) is 0 Å². The highest BCUT2D eigenvalue weighted by molar-refractivity contribution is 5.94. The van der Waals surface area contributed by atoms with Gasteiger partial charge in [-0.1, -0.05) is 31.5 Å². The van der Waals surface area contributed by atoms with Crippen LogP contribution in [0.4, 0.5) is 5.69 Å². The number of benzene rings is 1. The SMILES string of the molecule is Cc1ccc(NC(=O)[C@H]2C[C@](C)(O)C[C@@H]2c2nnc(C3CC(CC(C)C)C3)n2C2CC2)c(C)c1. The minimum absolute atomic E-state index is 0.0257. The van der Waals surface area contributed by atoms with Crippen molar-refractivity contribution in [2.45, 2.75) is 103 Å². The van der Waals surface area contributed by atoms with E-state index in [1.54, 1.807) is 0 Å². The molecule has 6 heteroatoms. The second-order valence-electron chi connectivity index (χ2n) is 12.1. The monoisotopic (exact) mass is 464 g/mol. The Morgan fingerprint density at radius 3 is 2.53 bits per heavy atom. The number of aromatic nitrogens is 3. The molecule has 3 aliphatic carbocycles. The van der Waals surface area contributed by atoms with E-state index in [0.29, 0.717) is 24.8 Å². The Labute approximate surface area is 203 Å². The lowest BCUT2D eigenvalue weighted by Crippen LogP contribution is -2.28. The van der Waals surface area contributed by atoms with Crippen LogP contribution in [0.25, 0.3) is 0 Å². The van der Waals surface area contributed by atoms with Gasteiger partial charge in [0.1, 0.15) is 11.6 Å². The van der Waals surface area contributed by atoms with Crippen LogP contribution in [0.1, 0.15) is 106 Å². The molecule has 2 N–H and O–H groups in total. The van der Waals surface area contributed by atoms with Crippen LogP contribution in [0.15, 0.2) is 18.2 Å². The van der Waals surface area contributed by atoms with Crippen molar-refractivity contribution in [1.29, 1.82) is 0 Å². The molecular formula is C28H40N4O2. The Morgan fingerprint density at radius 1 is 1.18 bits per heavy atom. The highest BCUT2D eigenvalue weighted by atomic mass is 16.3. The fraction of sp³-hybridized carbons (Fsp3) is 0.679. The van der Waals surface area contributed by atoms with Gasteiger partial charge in [0.15, 0.2) is 0 Å². The van der Waals surface area contributed by atoms with Gasteiger partial charge in [0, 0.05) is 23.6 Å². The quantitative estimate of drug-likeness (QED) is 0.555. The number of aryl methyl sites for hydroxylation is 2. The first-order valence-corrected chi connectivity index (χ1v) is 13.2. The molecule has 3 saturated carbocycles. The highest BCUT2D eigenvalue weighted by Gasteiger charge is 2.49. The van der Waals surface area contributed by atoms with Crippen molar-refractivity contribution in [3.63, 3.8) is 0 Å². The normalized spacial score (nSPS) is 31.0. The summed E-state index contributed by atoms with van der Waals surface area (Å²) >= 11 is 0. The number of hydrogen-bond acceptors (Lipinski definition) is 4. The zero-order valence-electron chi connectivity index (χ0n) is 21.3. The van der Waals surface area contributed by atoms with Gasteiger partial charge in [-0.05, 0) is 89.2 Å². The van der Waals surface area contributed by atoms with Crippen LogP contribution >= 0.6 is 0 Å². The third-order valence-corrected chi connectivity index (χ3v) is 8.18. The molecule has 3 fully saturated rings. The molecule has 1 aromatic heterocycles. The van der Waals surface area contributed by atoms with Crippen LogP contribution in [0, 0.1) is 31.6 Å². The van der Waals surface area contributed by atoms with Gasteiger partial charge in [-0.15, -0.1) is 10.2 Å². The molecule has 0 unspecified atom stereocenters. The van der Waals surface area contributed by atoms with Crippen molar-refractivity contribution >= 4 is 11.6 Å². The standard InChI is InChI=1S/C28H40N4O2/c1-16(2)10-19-12-20(13-19)25-30-31-26(32(25)21-7-8-21)22-14-28(5,34)15-23(22)27(33)29-24-9-6-17(3)11-18(24)4/h6,9,11,16,19-23,34H,7-8,10,12-15H2,1-5H3,(H,29,33)/t19?,20?,22-,23-,28+/m0/s1. The Hall–Kier alpha value is -2.21. The molecule has 0 saturated heterocycles. The molecule has 1 aromatic carbocycles. The molecule has 6 nitrogen and oxygen atoms in total. The maximum absolute atomic E-state index is 13.5. The van der Waals surface area contributed by atoms with E-state index in [9.17, 15) is 9.90 Å². The summed E-state index contributed by atoms with van der Waals surface area (Å²) in [7, 11) is 0. The zero-order valence-corrected chi connectivity index (χ0v) is 21.3. The minimum atomic E-state index is -0.881. The van der Waals surface area contributed by atoms with Crippen molar-refractivity contribution in [3.05, 3.63) is 41.0 Å². The number of nitrogens with zero attached hydrogens (tertiary/aromatic N) is 3. The number of hydrogen-bond donors (Lipinski definition) is 2. The summed E-state index contributed by atoms with van der Waals surface area (Å²) in [5.74, 6) is 3.59. The van der Waals surface area contributed by atoms with E-state index in [4.69, 9.17) is 10.2 Å². The average molecular weight is 465 g/mol. The molecule has 0 spiro atoms. The molecule has 1 amide bonds. The summed E-state index contributed by atoms with van der Waals surface area (Å²) in [4.78, 5) is 13.5. The topological polar surface area (TPSA) is 80.0 Å². The number of amides is 1. The number of aliphatic hydroxyl groups is 1.